The predicted octanol–water partition coefficient (Wildman–Crippen LogP) is 6.64. The standard InChI is InChI=1S/C24H25BrCl2N4O/c1-3-19-22(24(32)29(2)30-13-5-4-6-14-30)28-31(21-12-11-18(26)15-20(21)27)23(19)16-7-9-17(25)10-8-16/h7-12,15H,3-6,13-14H2,1-2H3. The van der Waals surface area contributed by atoms with Crippen LogP contribution in [0.25, 0.3) is 16.9 Å². The van der Waals surface area contributed by atoms with Crippen LogP contribution in [-0.4, -0.2) is 45.8 Å². The molecule has 4 rings (SSSR count). The normalized spacial score (nSPS) is 14.5. The van der Waals surface area contributed by atoms with Crippen LogP contribution in [-0.2, 0) is 6.42 Å². The second kappa shape index (κ2) is 9.96. The number of nitrogens with zero attached hydrogens (tertiary/aromatic N) is 4. The van der Waals surface area contributed by atoms with Gasteiger partial charge in [-0.05, 0) is 49.6 Å². The highest BCUT2D eigenvalue weighted by Gasteiger charge is 2.29. The van der Waals surface area contributed by atoms with Gasteiger partial charge in [-0.15, -0.1) is 0 Å². The molecule has 1 aliphatic rings. The Morgan fingerprint density at radius 1 is 1.09 bits per heavy atom. The minimum absolute atomic E-state index is 0.106. The Kier molecular flexibility index (Phi) is 7.25. The Morgan fingerprint density at radius 2 is 1.78 bits per heavy atom. The number of hydrogen-bond donors (Lipinski definition) is 0. The van der Waals surface area contributed by atoms with Gasteiger partial charge in [-0.25, -0.2) is 9.69 Å². The number of benzene rings is 2. The van der Waals surface area contributed by atoms with E-state index in [1.54, 1.807) is 21.8 Å². The molecule has 0 radical (unpaired) electrons. The molecular formula is C24H25BrCl2N4O. The lowest BCUT2D eigenvalue weighted by molar-refractivity contribution is -0.00555. The van der Waals surface area contributed by atoms with Gasteiger partial charge in [0.05, 0.1) is 16.4 Å². The van der Waals surface area contributed by atoms with Crippen molar-refractivity contribution in [1.29, 1.82) is 0 Å². The monoisotopic (exact) mass is 534 g/mol. The molecule has 8 heteroatoms. The summed E-state index contributed by atoms with van der Waals surface area (Å²) in [6.45, 7) is 3.81. The van der Waals surface area contributed by atoms with Crippen molar-refractivity contribution < 1.29 is 4.79 Å². The van der Waals surface area contributed by atoms with Crippen LogP contribution in [0.2, 0.25) is 10.0 Å². The maximum atomic E-state index is 13.6. The SMILES string of the molecule is CCc1c(C(=O)N(C)N2CCCCC2)nn(-c2ccc(Cl)cc2Cl)c1-c1ccc(Br)cc1. The summed E-state index contributed by atoms with van der Waals surface area (Å²) in [6, 6.07) is 13.3. The Morgan fingerprint density at radius 3 is 2.41 bits per heavy atom. The van der Waals surface area contributed by atoms with Crippen LogP contribution in [0, 0.1) is 0 Å². The number of hydrogen-bond acceptors (Lipinski definition) is 3. The van der Waals surface area contributed by atoms with E-state index in [-0.39, 0.29) is 5.91 Å². The van der Waals surface area contributed by atoms with Crippen LogP contribution >= 0.6 is 39.1 Å². The first-order valence-electron chi connectivity index (χ1n) is 10.8. The number of halogens is 3. The molecule has 2 heterocycles. The molecule has 0 saturated carbocycles. The van der Waals surface area contributed by atoms with Gasteiger partial charge in [0, 0.05) is 40.8 Å². The summed E-state index contributed by atoms with van der Waals surface area (Å²) < 4.78 is 2.76. The van der Waals surface area contributed by atoms with Gasteiger partial charge < -0.3 is 0 Å². The molecule has 3 aromatic rings. The zero-order valence-electron chi connectivity index (χ0n) is 18.1. The molecule has 1 fully saturated rings. The lowest BCUT2D eigenvalue weighted by Crippen LogP contribution is -2.46. The first-order valence-corrected chi connectivity index (χ1v) is 12.3. The lowest BCUT2D eigenvalue weighted by atomic mass is 10.0. The van der Waals surface area contributed by atoms with Gasteiger partial charge in [0.1, 0.15) is 0 Å². The highest BCUT2D eigenvalue weighted by Crippen LogP contribution is 2.34. The molecule has 32 heavy (non-hydrogen) atoms. The Labute approximate surface area is 207 Å². The van der Waals surface area contributed by atoms with Crippen LogP contribution in [0.5, 0.6) is 0 Å². The summed E-state index contributed by atoms with van der Waals surface area (Å²) in [4.78, 5) is 13.6. The first kappa shape index (κ1) is 23.3. The molecule has 0 N–H and O–H groups in total. The number of piperidine rings is 1. The van der Waals surface area contributed by atoms with Gasteiger partial charge in [0.2, 0.25) is 0 Å². The fraction of sp³-hybridized carbons (Fsp3) is 0.333. The average Bonchev–Trinajstić information content (AvgIpc) is 3.18. The van der Waals surface area contributed by atoms with Crippen molar-refractivity contribution in [2.75, 3.05) is 20.1 Å². The van der Waals surface area contributed by atoms with Gasteiger partial charge in [-0.2, -0.15) is 5.10 Å². The van der Waals surface area contributed by atoms with Gasteiger partial charge in [0.25, 0.3) is 5.91 Å². The maximum absolute atomic E-state index is 13.6. The maximum Gasteiger partial charge on any atom is 0.288 e. The number of carbonyl (C=O) groups excluding carboxylic acids is 1. The lowest BCUT2D eigenvalue weighted by Gasteiger charge is -2.34. The fourth-order valence-corrected chi connectivity index (χ4v) is 4.90. The van der Waals surface area contributed by atoms with Crippen molar-refractivity contribution in [1.82, 2.24) is 19.8 Å². The fourth-order valence-electron chi connectivity index (χ4n) is 4.15. The predicted molar refractivity (Wildman–Crippen MR) is 134 cm³/mol. The van der Waals surface area contributed by atoms with Crippen molar-refractivity contribution in [3.63, 3.8) is 0 Å². The average molecular weight is 536 g/mol. The Bertz CT molecular complexity index is 1120. The number of amides is 1. The molecule has 0 atom stereocenters. The molecule has 1 aromatic heterocycles. The zero-order valence-corrected chi connectivity index (χ0v) is 21.2. The molecule has 1 saturated heterocycles. The van der Waals surface area contributed by atoms with E-state index in [2.05, 4.69) is 20.9 Å². The Hall–Kier alpha value is -1.86. The van der Waals surface area contributed by atoms with E-state index in [1.165, 1.54) is 6.42 Å². The smallest absolute Gasteiger partial charge is 0.273 e. The Balaban J connectivity index is 1.87. The molecule has 1 amide bonds. The van der Waals surface area contributed by atoms with E-state index < -0.39 is 0 Å². The van der Waals surface area contributed by atoms with Gasteiger partial charge in [-0.3, -0.25) is 9.80 Å². The van der Waals surface area contributed by atoms with Crippen LogP contribution in [0.3, 0.4) is 0 Å². The summed E-state index contributed by atoms with van der Waals surface area (Å²) in [7, 11) is 1.83. The van der Waals surface area contributed by atoms with Crippen molar-refractivity contribution in [3.05, 3.63) is 68.2 Å². The minimum atomic E-state index is -0.106. The first-order chi connectivity index (χ1) is 15.4. The van der Waals surface area contributed by atoms with Gasteiger partial charge in [0.15, 0.2) is 5.69 Å². The topological polar surface area (TPSA) is 41.4 Å². The molecule has 5 nitrogen and oxygen atoms in total. The summed E-state index contributed by atoms with van der Waals surface area (Å²) in [5.41, 5.74) is 3.85. The van der Waals surface area contributed by atoms with Crippen LogP contribution in [0.4, 0.5) is 0 Å². The quantitative estimate of drug-likeness (QED) is 0.367. The van der Waals surface area contributed by atoms with E-state index in [0.29, 0.717) is 27.8 Å². The van der Waals surface area contributed by atoms with Crippen molar-refractivity contribution in [3.8, 4) is 16.9 Å². The van der Waals surface area contributed by atoms with E-state index in [1.807, 2.05) is 44.3 Å². The second-order valence-electron chi connectivity index (χ2n) is 7.89. The second-order valence-corrected chi connectivity index (χ2v) is 9.65. The summed E-state index contributed by atoms with van der Waals surface area (Å²) in [5.74, 6) is -0.106. The highest BCUT2D eigenvalue weighted by molar-refractivity contribution is 9.10. The third-order valence-corrected chi connectivity index (χ3v) is 6.91. The van der Waals surface area contributed by atoms with E-state index in [4.69, 9.17) is 28.3 Å². The summed E-state index contributed by atoms with van der Waals surface area (Å²) >= 11 is 16.2. The largest absolute Gasteiger partial charge is 0.288 e. The van der Waals surface area contributed by atoms with Crippen molar-refractivity contribution in [2.45, 2.75) is 32.6 Å². The molecule has 0 spiro atoms. The number of hydrazine groups is 1. The molecule has 0 bridgehead atoms. The summed E-state index contributed by atoms with van der Waals surface area (Å²) in [6.07, 6.45) is 4.05. The van der Waals surface area contributed by atoms with E-state index in [9.17, 15) is 4.79 Å². The van der Waals surface area contributed by atoms with Crippen LogP contribution < -0.4 is 0 Å². The zero-order chi connectivity index (χ0) is 22.8. The molecule has 2 aromatic carbocycles. The van der Waals surface area contributed by atoms with E-state index in [0.717, 1.165) is 47.2 Å². The molecular weight excluding hydrogens is 511 g/mol. The van der Waals surface area contributed by atoms with Gasteiger partial charge in [-0.1, -0.05) is 64.6 Å². The van der Waals surface area contributed by atoms with Crippen molar-refractivity contribution in [2.24, 2.45) is 0 Å². The van der Waals surface area contributed by atoms with Crippen LogP contribution in [0.15, 0.2) is 46.9 Å². The van der Waals surface area contributed by atoms with Crippen molar-refractivity contribution >= 4 is 45.0 Å². The van der Waals surface area contributed by atoms with E-state index >= 15 is 0 Å². The molecule has 168 valence electrons. The third-order valence-electron chi connectivity index (χ3n) is 5.85. The molecule has 0 aliphatic carbocycles. The summed E-state index contributed by atoms with van der Waals surface area (Å²) in [5, 5.41) is 9.67. The molecule has 1 aliphatic heterocycles. The van der Waals surface area contributed by atoms with Crippen LogP contribution in [0.1, 0.15) is 42.2 Å². The number of rotatable bonds is 5. The van der Waals surface area contributed by atoms with Gasteiger partial charge >= 0.3 is 0 Å². The minimum Gasteiger partial charge on any atom is -0.273 e. The number of aromatic nitrogens is 2. The molecule has 0 unspecified atom stereocenters. The highest BCUT2D eigenvalue weighted by atomic mass is 79.9. The third kappa shape index (κ3) is 4.60. The number of carbonyl (C=O) groups is 1.